The first-order chi connectivity index (χ1) is 16.0. The van der Waals surface area contributed by atoms with Crippen LogP contribution in [0.1, 0.15) is 12.8 Å². The predicted octanol–water partition coefficient (Wildman–Crippen LogP) is 2.96. The van der Waals surface area contributed by atoms with Crippen molar-refractivity contribution < 1.29 is 18.3 Å². The molecule has 1 aromatic rings. The van der Waals surface area contributed by atoms with Crippen LogP contribution < -0.4 is 15.7 Å². The number of hydrogen-bond acceptors (Lipinski definition) is 6. The number of nitrogens with one attached hydrogen (secondary N) is 1. The quantitative estimate of drug-likeness (QED) is 0.616. The van der Waals surface area contributed by atoms with E-state index in [1.54, 1.807) is 17.2 Å². The maximum atomic E-state index is 14.1. The zero-order valence-electron chi connectivity index (χ0n) is 17.8. The summed E-state index contributed by atoms with van der Waals surface area (Å²) in [5.41, 5.74) is 1.05. The van der Waals surface area contributed by atoms with Gasteiger partial charge in [-0.2, -0.15) is 4.98 Å². The van der Waals surface area contributed by atoms with Crippen molar-refractivity contribution in [1.82, 2.24) is 19.4 Å². The number of likely N-dealkylation sites (tertiary alicyclic amines) is 1. The van der Waals surface area contributed by atoms with Crippen molar-refractivity contribution in [2.45, 2.75) is 25.4 Å². The van der Waals surface area contributed by atoms with Crippen molar-refractivity contribution in [3.8, 4) is 22.9 Å². The molecule has 0 saturated carbocycles. The maximum absolute atomic E-state index is 14.1. The molecule has 10 heteroatoms. The number of piperidine rings is 1. The molecular formula is C23H22F2N6O2. The van der Waals surface area contributed by atoms with E-state index in [0.717, 1.165) is 25.0 Å². The first-order valence-electron chi connectivity index (χ1n) is 10.7. The summed E-state index contributed by atoms with van der Waals surface area (Å²) in [6, 6.07) is 4.82. The van der Waals surface area contributed by atoms with Crippen LogP contribution >= 0.6 is 0 Å². The first-order valence-corrected chi connectivity index (χ1v) is 10.7. The van der Waals surface area contributed by atoms with Gasteiger partial charge >= 0.3 is 0 Å². The number of carbonyl (C=O) groups is 1. The fraction of sp³-hybridized carbons (Fsp3) is 0.304. The molecule has 1 atom stereocenters. The van der Waals surface area contributed by atoms with E-state index in [9.17, 15) is 13.6 Å². The molecule has 1 unspecified atom stereocenters. The molecule has 0 spiro atoms. The number of amides is 1. The Morgan fingerprint density at radius 2 is 2.15 bits per heavy atom. The summed E-state index contributed by atoms with van der Waals surface area (Å²) in [7, 11) is 0. The van der Waals surface area contributed by atoms with Crippen LogP contribution in [-0.4, -0.2) is 51.0 Å². The SMILES string of the molecule is C=CC(=O)N1CCCC(N=c2ncc3cc(Oc4ccc(F)cc4F)c4n(c-3n2)CCN4)C1. The third-order valence-corrected chi connectivity index (χ3v) is 5.75. The largest absolute Gasteiger partial charge is 0.450 e. The van der Waals surface area contributed by atoms with Crippen LogP contribution in [-0.2, 0) is 11.3 Å². The summed E-state index contributed by atoms with van der Waals surface area (Å²) in [6.45, 7) is 6.04. The van der Waals surface area contributed by atoms with Gasteiger partial charge in [0.1, 0.15) is 11.6 Å². The molecule has 4 aliphatic heterocycles. The van der Waals surface area contributed by atoms with Gasteiger partial charge in [-0.3, -0.25) is 4.79 Å². The number of rotatable bonds is 4. The van der Waals surface area contributed by atoms with Gasteiger partial charge in [-0.05, 0) is 37.1 Å². The standard InChI is InChI=1S/C23H22F2N6O2/c1-2-20(32)30-8-3-4-16(13-30)28-23-27-12-14-10-19(22-26-7-9-31(22)21(14)29-23)33-18-6-5-15(24)11-17(18)25/h2,5-6,10-12,16,26H,1,3-4,7-9,13H2. The highest BCUT2D eigenvalue weighted by atomic mass is 19.1. The number of pyridine rings is 1. The lowest BCUT2D eigenvalue weighted by Crippen LogP contribution is -2.41. The third-order valence-electron chi connectivity index (χ3n) is 5.75. The summed E-state index contributed by atoms with van der Waals surface area (Å²) < 4.78 is 35.1. The number of fused-ring (bicyclic) bond motifs is 3. The molecule has 0 radical (unpaired) electrons. The van der Waals surface area contributed by atoms with E-state index in [-0.39, 0.29) is 17.7 Å². The number of carbonyl (C=O) groups excluding carboxylic acids is 1. The smallest absolute Gasteiger partial charge is 0.246 e. The molecule has 1 amide bonds. The van der Waals surface area contributed by atoms with Crippen LogP contribution in [0.25, 0.3) is 11.4 Å². The van der Waals surface area contributed by atoms with Gasteiger partial charge in [0, 0.05) is 44.0 Å². The number of halogens is 2. The molecule has 4 heterocycles. The Hall–Kier alpha value is -3.82. The Morgan fingerprint density at radius 1 is 1.27 bits per heavy atom. The van der Waals surface area contributed by atoms with Gasteiger partial charge in [-0.25, -0.2) is 18.8 Å². The molecule has 170 valence electrons. The zero-order valence-corrected chi connectivity index (χ0v) is 17.8. The van der Waals surface area contributed by atoms with Gasteiger partial charge in [0.05, 0.1) is 6.04 Å². The van der Waals surface area contributed by atoms with Gasteiger partial charge in [-0.15, -0.1) is 0 Å². The lowest BCUT2D eigenvalue weighted by atomic mass is 10.1. The highest BCUT2D eigenvalue weighted by molar-refractivity contribution is 5.87. The van der Waals surface area contributed by atoms with Crippen molar-refractivity contribution in [2.24, 2.45) is 4.99 Å². The monoisotopic (exact) mass is 452 g/mol. The molecule has 8 nitrogen and oxygen atoms in total. The van der Waals surface area contributed by atoms with Crippen molar-refractivity contribution in [3.05, 3.63) is 60.4 Å². The summed E-state index contributed by atoms with van der Waals surface area (Å²) in [5.74, 6) is 0.0884. The summed E-state index contributed by atoms with van der Waals surface area (Å²) >= 11 is 0. The van der Waals surface area contributed by atoms with E-state index < -0.39 is 11.6 Å². The first kappa shape index (κ1) is 21.0. The van der Waals surface area contributed by atoms with Crippen molar-refractivity contribution >= 4 is 11.7 Å². The third kappa shape index (κ3) is 4.15. The van der Waals surface area contributed by atoms with Crippen LogP contribution in [0.5, 0.6) is 11.5 Å². The molecule has 0 bridgehead atoms. The second-order valence-electron chi connectivity index (χ2n) is 7.97. The Labute approximate surface area is 188 Å². The summed E-state index contributed by atoms with van der Waals surface area (Å²) in [5, 5.41) is 3.23. The van der Waals surface area contributed by atoms with Gasteiger partial charge in [0.25, 0.3) is 0 Å². The summed E-state index contributed by atoms with van der Waals surface area (Å²) in [6.07, 6.45) is 4.68. The van der Waals surface area contributed by atoms with E-state index in [0.29, 0.717) is 54.8 Å². The number of anilines is 1. The average molecular weight is 452 g/mol. The highest BCUT2D eigenvalue weighted by Crippen LogP contribution is 2.38. The second kappa shape index (κ2) is 8.61. The van der Waals surface area contributed by atoms with E-state index in [1.807, 2.05) is 4.57 Å². The Balaban J connectivity index is 1.49. The molecule has 4 aliphatic rings. The Kier molecular flexibility index (Phi) is 5.49. The van der Waals surface area contributed by atoms with E-state index in [1.165, 1.54) is 12.1 Å². The van der Waals surface area contributed by atoms with Gasteiger partial charge in [0.15, 0.2) is 23.1 Å². The normalized spacial score (nSPS) is 18.2. The second-order valence-corrected chi connectivity index (χ2v) is 7.97. The van der Waals surface area contributed by atoms with Crippen molar-refractivity contribution in [1.29, 1.82) is 0 Å². The minimum atomic E-state index is -0.784. The highest BCUT2D eigenvalue weighted by Gasteiger charge is 2.25. The van der Waals surface area contributed by atoms with Gasteiger partial charge in [-0.1, -0.05) is 6.58 Å². The Morgan fingerprint density at radius 3 is 2.97 bits per heavy atom. The lowest BCUT2D eigenvalue weighted by Gasteiger charge is -2.29. The predicted molar refractivity (Wildman–Crippen MR) is 117 cm³/mol. The maximum Gasteiger partial charge on any atom is 0.246 e. The van der Waals surface area contributed by atoms with Gasteiger partial charge in [0.2, 0.25) is 11.5 Å². The Bertz CT molecular complexity index is 1270. The average Bonchev–Trinajstić information content (AvgIpc) is 3.31. The van der Waals surface area contributed by atoms with E-state index in [2.05, 4.69) is 26.9 Å². The van der Waals surface area contributed by atoms with Crippen molar-refractivity contribution in [2.75, 3.05) is 25.0 Å². The molecule has 1 N–H and O–H groups in total. The lowest BCUT2D eigenvalue weighted by molar-refractivity contribution is -0.127. The molecule has 1 fully saturated rings. The molecule has 5 rings (SSSR count). The van der Waals surface area contributed by atoms with Crippen LogP contribution in [0.15, 0.2) is 48.1 Å². The fourth-order valence-corrected chi connectivity index (χ4v) is 4.20. The topological polar surface area (TPSA) is 84.6 Å². The van der Waals surface area contributed by atoms with E-state index in [4.69, 9.17) is 4.74 Å². The number of aromatic nitrogens is 3. The van der Waals surface area contributed by atoms with E-state index >= 15 is 0 Å². The van der Waals surface area contributed by atoms with Crippen LogP contribution in [0.4, 0.5) is 14.6 Å². The van der Waals surface area contributed by atoms with Crippen LogP contribution in [0, 0.1) is 11.6 Å². The molecule has 33 heavy (non-hydrogen) atoms. The molecule has 1 saturated heterocycles. The number of hydrogen-bond donors (Lipinski definition) is 1. The minimum Gasteiger partial charge on any atom is -0.450 e. The van der Waals surface area contributed by atoms with Crippen LogP contribution in [0.2, 0.25) is 0 Å². The molecule has 0 aromatic heterocycles. The van der Waals surface area contributed by atoms with Crippen LogP contribution in [0.3, 0.4) is 0 Å². The van der Waals surface area contributed by atoms with Gasteiger partial charge < -0.3 is 19.5 Å². The molecule has 1 aromatic carbocycles. The number of benzene rings is 1. The number of ether oxygens (including phenoxy) is 1. The number of nitrogens with zero attached hydrogens (tertiary/aromatic N) is 5. The zero-order chi connectivity index (χ0) is 22.9. The minimum absolute atomic E-state index is 0.0734. The fourth-order valence-electron chi connectivity index (χ4n) is 4.20. The molecular weight excluding hydrogens is 430 g/mol. The summed E-state index contributed by atoms with van der Waals surface area (Å²) in [4.78, 5) is 27.4. The molecule has 0 aliphatic carbocycles. The van der Waals surface area contributed by atoms with Crippen molar-refractivity contribution in [3.63, 3.8) is 0 Å².